The van der Waals surface area contributed by atoms with Crippen molar-refractivity contribution >= 4 is 0 Å². The monoisotopic (exact) mass is 469 g/mol. The number of aromatic nitrogens is 2. The van der Waals surface area contributed by atoms with Crippen molar-refractivity contribution in [1.82, 2.24) is 14.7 Å². The third kappa shape index (κ3) is 6.79. The fourth-order valence-corrected chi connectivity index (χ4v) is 4.11. The van der Waals surface area contributed by atoms with Gasteiger partial charge in [0.15, 0.2) is 0 Å². The van der Waals surface area contributed by atoms with Crippen LogP contribution < -0.4 is 9.47 Å². The Kier molecular flexibility index (Phi) is 7.82. The van der Waals surface area contributed by atoms with Gasteiger partial charge in [-0.15, -0.1) is 0 Å². The SMILES string of the molecule is Cc1cc(C)n(CCOc2cccc(CN3CCOC[C@](O)(COc4ccc(F)cc4)C3)c2)n1. The molecule has 1 aliphatic heterocycles. The number of hydrogen-bond acceptors (Lipinski definition) is 6. The second-order valence-electron chi connectivity index (χ2n) is 8.88. The first-order valence-electron chi connectivity index (χ1n) is 11.5. The predicted octanol–water partition coefficient (Wildman–Crippen LogP) is 3.36. The molecule has 1 saturated heterocycles. The first-order chi connectivity index (χ1) is 16.4. The van der Waals surface area contributed by atoms with Crippen molar-refractivity contribution in [1.29, 1.82) is 0 Å². The van der Waals surface area contributed by atoms with Gasteiger partial charge in [-0.1, -0.05) is 12.1 Å². The first kappa shape index (κ1) is 24.2. The van der Waals surface area contributed by atoms with Gasteiger partial charge in [0.1, 0.15) is 36.1 Å². The zero-order chi connectivity index (χ0) is 24.0. The van der Waals surface area contributed by atoms with Crippen LogP contribution in [0.2, 0.25) is 0 Å². The summed E-state index contributed by atoms with van der Waals surface area (Å²) in [4.78, 5) is 2.15. The van der Waals surface area contributed by atoms with E-state index < -0.39 is 5.60 Å². The van der Waals surface area contributed by atoms with Gasteiger partial charge in [0, 0.05) is 25.3 Å². The van der Waals surface area contributed by atoms with Crippen molar-refractivity contribution < 1.29 is 23.7 Å². The molecule has 8 heteroatoms. The normalized spacial score (nSPS) is 19.1. The van der Waals surface area contributed by atoms with E-state index in [1.165, 1.54) is 12.1 Å². The predicted molar refractivity (Wildman–Crippen MR) is 127 cm³/mol. The van der Waals surface area contributed by atoms with Crippen molar-refractivity contribution in [2.75, 3.05) is 39.5 Å². The van der Waals surface area contributed by atoms with Crippen LogP contribution in [-0.2, 0) is 17.8 Å². The average Bonchev–Trinajstić information content (AvgIpc) is 3.01. The number of ether oxygens (including phenoxy) is 3. The lowest BCUT2D eigenvalue weighted by Gasteiger charge is -2.30. The summed E-state index contributed by atoms with van der Waals surface area (Å²) >= 11 is 0. The van der Waals surface area contributed by atoms with E-state index in [4.69, 9.17) is 14.2 Å². The first-order valence-corrected chi connectivity index (χ1v) is 11.5. The van der Waals surface area contributed by atoms with E-state index in [0.29, 0.717) is 45.1 Å². The van der Waals surface area contributed by atoms with Crippen molar-refractivity contribution in [3.63, 3.8) is 0 Å². The minimum absolute atomic E-state index is 0.0601. The summed E-state index contributed by atoms with van der Waals surface area (Å²) in [5.74, 6) is 0.990. The van der Waals surface area contributed by atoms with Crippen molar-refractivity contribution in [3.05, 3.63) is 77.4 Å². The number of benzene rings is 2. The van der Waals surface area contributed by atoms with Crippen LogP contribution in [0.1, 0.15) is 17.0 Å². The molecule has 0 bridgehead atoms. The molecule has 1 aliphatic rings. The van der Waals surface area contributed by atoms with Crippen molar-refractivity contribution in [3.8, 4) is 11.5 Å². The molecule has 1 atom stereocenters. The summed E-state index contributed by atoms with van der Waals surface area (Å²) < 4.78 is 32.4. The largest absolute Gasteiger partial charge is 0.492 e. The minimum Gasteiger partial charge on any atom is -0.492 e. The number of rotatable bonds is 9. The summed E-state index contributed by atoms with van der Waals surface area (Å²) in [6.07, 6.45) is 0. The van der Waals surface area contributed by atoms with Crippen molar-refractivity contribution in [2.45, 2.75) is 32.5 Å². The molecular formula is C26H32FN3O4. The molecule has 0 radical (unpaired) electrons. The molecule has 0 saturated carbocycles. The summed E-state index contributed by atoms with van der Waals surface area (Å²) in [7, 11) is 0. The highest BCUT2D eigenvalue weighted by Gasteiger charge is 2.33. The topological polar surface area (TPSA) is 69.0 Å². The maximum Gasteiger partial charge on any atom is 0.134 e. The standard InChI is InChI=1S/C26H32FN3O4/c1-20-14-21(2)30(28-20)11-13-33-25-5-3-4-22(15-25)16-29-10-12-32-18-26(31,17-29)19-34-24-8-6-23(27)7-9-24/h3-9,14-15,31H,10-13,16-19H2,1-2H3/t26-/m0/s1. The Bertz CT molecular complexity index is 1070. The second-order valence-corrected chi connectivity index (χ2v) is 8.88. The maximum absolute atomic E-state index is 13.1. The van der Waals surface area contributed by atoms with E-state index in [0.717, 1.165) is 22.7 Å². The van der Waals surface area contributed by atoms with E-state index in [2.05, 4.69) is 16.1 Å². The van der Waals surface area contributed by atoms with Crippen LogP contribution in [0.3, 0.4) is 0 Å². The summed E-state index contributed by atoms with van der Waals surface area (Å²) in [6.45, 7) is 7.76. The molecule has 0 spiro atoms. The van der Waals surface area contributed by atoms with E-state index >= 15 is 0 Å². The number of nitrogens with zero attached hydrogens (tertiary/aromatic N) is 3. The second kappa shape index (κ2) is 11.0. The van der Waals surface area contributed by atoms with Gasteiger partial charge in [-0.2, -0.15) is 5.10 Å². The number of halogens is 1. The highest BCUT2D eigenvalue weighted by molar-refractivity contribution is 5.28. The molecule has 7 nitrogen and oxygen atoms in total. The molecule has 1 N–H and O–H groups in total. The number of aliphatic hydroxyl groups is 1. The maximum atomic E-state index is 13.1. The van der Waals surface area contributed by atoms with Gasteiger partial charge >= 0.3 is 0 Å². The van der Waals surface area contributed by atoms with Gasteiger partial charge < -0.3 is 19.3 Å². The molecule has 0 aliphatic carbocycles. The molecule has 2 aromatic carbocycles. The fraction of sp³-hybridized carbons (Fsp3) is 0.423. The van der Waals surface area contributed by atoms with E-state index in [1.54, 1.807) is 12.1 Å². The summed E-state index contributed by atoms with van der Waals surface area (Å²) in [6, 6.07) is 15.8. The molecule has 0 unspecified atom stereocenters. The Hall–Kier alpha value is -2.94. The van der Waals surface area contributed by atoms with Gasteiger partial charge in [0.05, 0.1) is 25.5 Å². The molecule has 3 aromatic rings. The van der Waals surface area contributed by atoms with Crippen LogP contribution in [0.5, 0.6) is 11.5 Å². The van der Waals surface area contributed by atoms with Crippen LogP contribution in [-0.4, -0.2) is 64.9 Å². The van der Waals surface area contributed by atoms with E-state index in [9.17, 15) is 9.50 Å². The molecule has 1 aromatic heterocycles. The Balaban J connectivity index is 1.31. The lowest BCUT2D eigenvalue weighted by atomic mass is 10.1. The van der Waals surface area contributed by atoms with Crippen LogP contribution >= 0.6 is 0 Å². The molecule has 0 amide bonds. The molecule has 1 fully saturated rings. The Morgan fingerprint density at radius 3 is 2.68 bits per heavy atom. The Morgan fingerprint density at radius 2 is 1.91 bits per heavy atom. The number of aryl methyl sites for hydroxylation is 2. The van der Waals surface area contributed by atoms with Crippen LogP contribution in [0.15, 0.2) is 54.6 Å². The van der Waals surface area contributed by atoms with E-state index in [-0.39, 0.29) is 19.0 Å². The number of hydrogen-bond donors (Lipinski definition) is 1. The lowest BCUT2D eigenvalue weighted by Crippen LogP contribution is -2.48. The third-order valence-corrected chi connectivity index (χ3v) is 5.74. The Morgan fingerprint density at radius 1 is 1.09 bits per heavy atom. The zero-order valence-corrected chi connectivity index (χ0v) is 19.7. The third-order valence-electron chi connectivity index (χ3n) is 5.74. The molecule has 4 rings (SSSR count). The van der Waals surface area contributed by atoms with Crippen molar-refractivity contribution in [2.24, 2.45) is 0 Å². The number of β-amino-alcohol motifs (C(OH)–C–C–N with tert-alkyl or cyclic N) is 1. The highest BCUT2D eigenvalue weighted by Crippen LogP contribution is 2.20. The summed E-state index contributed by atoms with van der Waals surface area (Å²) in [5.41, 5.74) is 2.05. The molecular weight excluding hydrogens is 437 g/mol. The lowest BCUT2D eigenvalue weighted by molar-refractivity contribution is -0.0646. The molecule has 2 heterocycles. The minimum atomic E-state index is -1.17. The smallest absolute Gasteiger partial charge is 0.134 e. The average molecular weight is 470 g/mol. The van der Waals surface area contributed by atoms with Gasteiger partial charge in [-0.05, 0) is 61.9 Å². The van der Waals surface area contributed by atoms with Crippen LogP contribution in [0.4, 0.5) is 4.39 Å². The Labute approximate surface area is 199 Å². The molecule has 34 heavy (non-hydrogen) atoms. The fourth-order valence-electron chi connectivity index (χ4n) is 4.11. The van der Waals surface area contributed by atoms with Crippen LogP contribution in [0, 0.1) is 19.7 Å². The summed E-state index contributed by atoms with van der Waals surface area (Å²) in [5, 5.41) is 15.6. The highest BCUT2D eigenvalue weighted by atomic mass is 19.1. The molecule has 182 valence electrons. The van der Waals surface area contributed by atoms with Gasteiger partial charge in [-0.25, -0.2) is 4.39 Å². The quantitative estimate of drug-likeness (QED) is 0.518. The zero-order valence-electron chi connectivity index (χ0n) is 19.7. The van der Waals surface area contributed by atoms with Gasteiger partial charge in [-0.3, -0.25) is 9.58 Å². The van der Waals surface area contributed by atoms with Crippen LogP contribution in [0.25, 0.3) is 0 Å². The van der Waals surface area contributed by atoms with Gasteiger partial charge in [0.2, 0.25) is 0 Å². The van der Waals surface area contributed by atoms with Gasteiger partial charge in [0.25, 0.3) is 0 Å². The van der Waals surface area contributed by atoms with E-state index in [1.807, 2.05) is 42.8 Å².